The maximum Gasteiger partial charge on any atom is 0.322 e. The summed E-state index contributed by atoms with van der Waals surface area (Å²) in [5, 5.41) is 76.8. The second kappa shape index (κ2) is 65.5. The summed E-state index contributed by atoms with van der Waals surface area (Å²) >= 11 is 4.20. The molecule has 0 radical (unpaired) electrons. The number of thiol groups is 1. The predicted molar refractivity (Wildman–Crippen MR) is 559 cm³/mol. The van der Waals surface area contributed by atoms with Crippen molar-refractivity contribution in [3.63, 3.8) is 0 Å². The molecule has 0 spiro atoms. The van der Waals surface area contributed by atoms with Gasteiger partial charge in [0.2, 0.25) is 47.3 Å². The Labute approximate surface area is 854 Å². The van der Waals surface area contributed by atoms with E-state index in [2.05, 4.69) is 117 Å². The third-order valence-corrected chi connectivity index (χ3v) is 23.7. The first-order valence-electron chi connectivity index (χ1n) is 49.2. The van der Waals surface area contributed by atoms with Gasteiger partial charge in [0.1, 0.15) is 54.9 Å². The van der Waals surface area contributed by atoms with Crippen molar-refractivity contribution in [1.29, 1.82) is 0 Å². The molecular weight excluding hydrogens is 1890 g/mol. The summed E-state index contributed by atoms with van der Waals surface area (Å²) < 4.78 is 0. The van der Waals surface area contributed by atoms with Crippen LogP contribution in [0.4, 0.5) is 45.5 Å². The number of nitrogens with one attached hydrogen (secondary N) is 12. The number of carbonyl (C=O) groups excluding carboxylic acids is 12. The van der Waals surface area contributed by atoms with Crippen LogP contribution in [0.15, 0.2) is 235 Å². The molecular formula is C103H138N28O14S. The summed E-state index contributed by atoms with van der Waals surface area (Å²) in [5.74, 6) is -10.1. The Morgan fingerprint density at radius 3 is 0.637 bits per heavy atom. The van der Waals surface area contributed by atoms with Crippen LogP contribution in [0.25, 0.3) is 0 Å². The monoisotopic (exact) mass is 2020 g/mol. The molecule has 12 amide bonds. The third kappa shape index (κ3) is 42.3. The molecule has 8 aromatic carbocycles. The Morgan fingerprint density at radius 2 is 0.418 bits per heavy atom. The van der Waals surface area contributed by atoms with E-state index in [0.717, 1.165) is 22.3 Å². The normalized spacial score (nSPS) is 13.0. The molecule has 0 bridgehead atoms. The van der Waals surface area contributed by atoms with Crippen molar-refractivity contribution >= 4 is 135 Å². The Kier molecular flexibility index (Phi) is 52.3. The summed E-state index contributed by atoms with van der Waals surface area (Å²) in [6.45, 7) is 1.75. The fraction of sp³-hybridized carbons (Fsp3) is 0.408. The van der Waals surface area contributed by atoms with E-state index >= 15 is 14.4 Å². The SMILES string of the molecule is NCCCC[C@H](NC(=O)[C@H](CCCCN)NC(=O)[C@H](CCCCN)NC(=O)[C@H](CCCCN)NC(=O)[C@H](CCCCNC(=O)[C@H](CCCCNC(=O)c1ccc(N=Nc2ccc(CN)cc2)cc1)NC(=O)c1ccc(N=Nc2ccc(CN)cc2)cc1)NC(=O)[C@H](CCCCNC(=O)c1ccc(N=Nc2ccc(CN)cc2)cc1)NC(=O)c1ccc(N=Nc2ccc(CN)cc2)cc1)C(=O)N[C@@H](CS)C(=O)NCC(=O)O. The van der Waals surface area contributed by atoms with E-state index in [1.165, 1.54) is 24.3 Å². The highest BCUT2D eigenvalue weighted by molar-refractivity contribution is 7.80. The summed E-state index contributed by atoms with van der Waals surface area (Å²) in [5.41, 5.74) is 55.7. The van der Waals surface area contributed by atoms with E-state index in [4.69, 9.17) is 45.9 Å². The molecule has 43 heteroatoms. The third-order valence-electron chi connectivity index (χ3n) is 23.4. The highest BCUT2D eigenvalue weighted by Gasteiger charge is 2.35. The molecule has 0 fully saturated rings. The molecule has 0 saturated carbocycles. The van der Waals surface area contributed by atoms with Gasteiger partial charge in [-0.25, -0.2) is 0 Å². The number of amides is 12. The number of carbonyl (C=O) groups is 13. The van der Waals surface area contributed by atoms with Crippen molar-refractivity contribution in [1.82, 2.24) is 63.8 Å². The summed E-state index contributed by atoms with van der Waals surface area (Å²) in [6.07, 6.45) is 3.90. The summed E-state index contributed by atoms with van der Waals surface area (Å²) in [4.78, 5) is 185. The van der Waals surface area contributed by atoms with E-state index in [-0.39, 0.29) is 152 Å². The lowest BCUT2D eigenvalue weighted by molar-refractivity contribution is -0.138. The first-order chi connectivity index (χ1) is 70.7. The van der Waals surface area contributed by atoms with Gasteiger partial charge in [-0.2, -0.15) is 53.5 Å². The second-order valence-corrected chi connectivity index (χ2v) is 35.0. The van der Waals surface area contributed by atoms with Crippen LogP contribution in [0.2, 0.25) is 0 Å². The number of azo groups is 4. The standard InChI is InChI=1S/C103H138N28O14S/c104-54-8-1-15-85(99(141)119-87(17-3-10-56-106)101(143)121-88(18-4-11-57-107)103(145)123-90(66-146)97(139)115-65-91(132)133)118-100(142)86(16-2-9-55-105)120-102(144)89(122-98(140)84(117-95(137)74-36-52-82(53-37-74)131-127-78-44-28-70(64-111)29-45-78)20-6-13-59-113-93(135)72-32-48-80(49-33-72)129-125-76-40-24-68(62-109)25-41-76)21-7-14-60-114-96(138)83(116-94(136)73-34-50-81(51-35-73)130-126-77-42-26-69(63-110)27-43-77)19-5-12-58-112-92(134)71-30-46-79(47-31-71)128-124-75-38-22-67(61-108)23-39-75/h22-53,83-90,146H,1-21,54-66,104-111H2,(H,112,134)(H,113,135)(H,114,138)(H,115,139)(H,116,136)(H,117,137)(H,118,142)(H,119,141)(H,120,144)(H,121,143)(H,122,140)(H,123,145)(H,132,133)/t83-,84-,85-,86-,87-,88-,89-,90-/m0/s1. The molecule has 0 saturated heterocycles. The minimum Gasteiger partial charge on any atom is -0.480 e. The lowest BCUT2D eigenvalue weighted by atomic mass is 10.0. The van der Waals surface area contributed by atoms with E-state index in [9.17, 15) is 53.1 Å². The number of benzene rings is 8. The minimum absolute atomic E-state index is 0.0110. The topological polar surface area (TPSA) is 694 Å². The quantitative estimate of drug-likeness (QED) is 0.00959. The number of carboxylic acid groups (broad SMARTS) is 1. The van der Waals surface area contributed by atoms with Crippen molar-refractivity contribution < 1.29 is 67.4 Å². The predicted octanol–water partition coefficient (Wildman–Crippen LogP) is 9.12. The van der Waals surface area contributed by atoms with Crippen LogP contribution in [-0.4, -0.2) is 188 Å². The largest absolute Gasteiger partial charge is 0.480 e. The van der Waals surface area contributed by atoms with E-state index in [1.54, 1.807) is 121 Å². The molecule has 0 aliphatic carbocycles. The van der Waals surface area contributed by atoms with Crippen molar-refractivity contribution in [3.05, 3.63) is 239 Å². The van der Waals surface area contributed by atoms with Crippen molar-refractivity contribution in [3.8, 4) is 0 Å². The first kappa shape index (κ1) is 117. The van der Waals surface area contributed by atoms with Crippen LogP contribution >= 0.6 is 12.6 Å². The van der Waals surface area contributed by atoms with Gasteiger partial charge in [0.05, 0.1) is 45.5 Å². The molecule has 0 aliphatic heterocycles. The zero-order valence-corrected chi connectivity index (χ0v) is 82.9. The molecule has 8 rings (SSSR count). The van der Waals surface area contributed by atoms with Crippen LogP contribution in [0.3, 0.4) is 0 Å². The van der Waals surface area contributed by atoms with Crippen LogP contribution < -0.4 is 110 Å². The molecule has 8 aromatic rings. The maximum absolute atomic E-state index is 15.5. The highest BCUT2D eigenvalue weighted by Crippen LogP contribution is 2.26. The number of carboxylic acids is 1. The van der Waals surface area contributed by atoms with Crippen molar-refractivity contribution in [2.45, 2.75) is 209 Å². The van der Waals surface area contributed by atoms with E-state index < -0.39 is 126 Å². The number of unbranched alkanes of at least 4 members (excludes halogenated alkanes) is 7. The van der Waals surface area contributed by atoms with Gasteiger partial charge in [0.15, 0.2) is 0 Å². The molecule has 0 heterocycles. The molecule has 8 atom stereocenters. The Balaban J connectivity index is 1.06. The van der Waals surface area contributed by atoms with Crippen molar-refractivity contribution in [2.75, 3.05) is 58.1 Å². The maximum atomic E-state index is 15.5. The second-order valence-electron chi connectivity index (χ2n) is 34.6. The van der Waals surface area contributed by atoms with Crippen LogP contribution in [0, 0.1) is 0 Å². The van der Waals surface area contributed by atoms with Gasteiger partial charge in [0, 0.05) is 73.8 Å². The molecule has 780 valence electrons. The Morgan fingerprint density at radius 1 is 0.226 bits per heavy atom. The molecule has 0 aromatic heterocycles. The zero-order valence-electron chi connectivity index (χ0n) is 82.0. The average Bonchev–Trinajstić information content (AvgIpc) is 0.883. The molecule has 42 nitrogen and oxygen atoms in total. The molecule has 0 unspecified atom stereocenters. The van der Waals surface area contributed by atoms with E-state index in [0.29, 0.717) is 134 Å². The van der Waals surface area contributed by atoms with Gasteiger partial charge >= 0.3 is 5.97 Å². The van der Waals surface area contributed by atoms with Crippen LogP contribution in [0.5, 0.6) is 0 Å². The van der Waals surface area contributed by atoms with E-state index in [1.807, 2.05) is 48.5 Å². The van der Waals surface area contributed by atoms with Gasteiger partial charge in [-0.3, -0.25) is 62.3 Å². The lowest BCUT2D eigenvalue weighted by Crippen LogP contribution is -2.60. The van der Waals surface area contributed by atoms with Gasteiger partial charge in [-0.05, 0) is 329 Å². The van der Waals surface area contributed by atoms with Gasteiger partial charge < -0.3 is 115 Å². The number of hydrogen-bond acceptors (Lipinski definition) is 30. The number of aliphatic carboxylic acids is 1. The van der Waals surface area contributed by atoms with Crippen LogP contribution in [0.1, 0.15) is 199 Å². The smallest absolute Gasteiger partial charge is 0.322 e. The molecule has 0 aliphatic rings. The average molecular weight is 2020 g/mol. The lowest BCUT2D eigenvalue weighted by Gasteiger charge is -2.28. The number of nitrogens with two attached hydrogens (primary N) is 8. The molecule has 146 heavy (non-hydrogen) atoms. The summed E-state index contributed by atoms with van der Waals surface area (Å²) in [6, 6.07) is 43.5. The Hall–Kier alpha value is -14.7. The fourth-order valence-electron chi connectivity index (χ4n) is 14.8. The minimum atomic E-state index is -1.52. The molecule has 29 N–H and O–H groups in total. The zero-order chi connectivity index (χ0) is 105. The number of nitrogens with zero attached hydrogens (tertiary/aromatic N) is 8. The fourth-order valence-corrected chi connectivity index (χ4v) is 15.0. The highest BCUT2D eigenvalue weighted by atomic mass is 32.1. The van der Waals surface area contributed by atoms with Gasteiger partial charge in [-0.1, -0.05) is 48.5 Å². The Bertz CT molecular complexity index is 5600. The van der Waals surface area contributed by atoms with Gasteiger partial charge in [-0.15, -0.1) is 0 Å². The number of rotatable bonds is 66. The first-order valence-corrected chi connectivity index (χ1v) is 49.8. The van der Waals surface area contributed by atoms with Crippen molar-refractivity contribution in [2.24, 2.45) is 86.8 Å². The number of hydrogen-bond donors (Lipinski definition) is 22. The summed E-state index contributed by atoms with van der Waals surface area (Å²) in [7, 11) is 0. The van der Waals surface area contributed by atoms with Gasteiger partial charge in [0.25, 0.3) is 23.6 Å². The van der Waals surface area contributed by atoms with Crippen LogP contribution in [-0.2, 0) is 69.3 Å².